The molecule has 1 fully saturated rings. The van der Waals surface area contributed by atoms with E-state index in [1.807, 2.05) is 6.07 Å². The molecule has 2 aromatic carbocycles. The lowest BCUT2D eigenvalue weighted by atomic mass is 10.2. The van der Waals surface area contributed by atoms with E-state index in [0.717, 1.165) is 48.8 Å². The van der Waals surface area contributed by atoms with Gasteiger partial charge in [-0.05, 0) is 57.9 Å². The van der Waals surface area contributed by atoms with Gasteiger partial charge in [0, 0.05) is 31.0 Å². The molecule has 0 unspecified atom stereocenters. The Morgan fingerprint density at radius 3 is 2.46 bits per heavy atom. The van der Waals surface area contributed by atoms with Crippen LogP contribution in [0.15, 0.2) is 46.9 Å². The van der Waals surface area contributed by atoms with Crippen molar-refractivity contribution < 1.29 is 9.47 Å². The Bertz CT molecular complexity index is 646. The first kappa shape index (κ1) is 18.9. The molecule has 130 valence electrons. The van der Waals surface area contributed by atoms with E-state index in [9.17, 15) is 0 Å². The highest BCUT2D eigenvalue weighted by molar-refractivity contribution is 9.10. The number of nitrogens with zero attached hydrogens (tertiary/aromatic N) is 1. The fourth-order valence-electron chi connectivity index (χ4n) is 2.64. The molecule has 0 aromatic heterocycles. The molecule has 6 heteroatoms. The molecule has 24 heavy (non-hydrogen) atoms. The van der Waals surface area contributed by atoms with Gasteiger partial charge in [0.2, 0.25) is 0 Å². The molecule has 4 nitrogen and oxygen atoms in total. The minimum absolute atomic E-state index is 0. The molecule has 0 bridgehead atoms. The van der Waals surface area contributed by atoms with Gasteiger partial charge in [-0.1, -0.05) is 6.07 Å². The van der Waals surface area contributed by atoms with E-state index in [4.69, 9.17) is 9.47 Å². The Morgan fingerprint density at radius 1 is 1.12 bits per heavy atom. The number of nitrogens with one attached hydrogen (secondary N) is 1. The summed E-state index contributed by atoms with van der Waals surface area (Å²) in [6.45, 7) is 4.33. The minimum atomic E-state index is 0. The number of methoxy groups -OCH3 is 1. The van der Waals surface area contributed by atoms with Crippen LogP contribution in [0, 0.1) is 0 Å². The van der Waals surface area contributed by atoms with E-state index in [1.165, 1.54) is 11.3 Å². The topological polar surface area (TPSA) is 33.7 Å². The molecule has 1 aliphatic heterocycles. The first-order chi connectivity index (χ1) is 11.3. The molecule has 1 saturated heterocycles. The molecule has 0 radical (unpaired) electrons. The maximum atomic E-state index is 5.39. The second kappa shape index (κ2) is 9.16. The lowest BCUT2D eigenvalue weighted by Crippen LogP contribution is -2.36. The van der Waals surface area contributed by atoms with Crippen molar-refractivity contribution in [2.45, 2.75) is 6.54 Å². The van der Waals surface area contributed by atoms with Crippen LogP contribution in [0.4, 0.5) is 11.4 Å². The van der Waals surface area contributed by atoms with Gasteiger partial charge in [0.25, 0.3) is 0 Å². The number of benzene rings is 2. The SMILES string of the molecule is COc1ccc(CNc2ccc(N3CCOCC3)cc2)cc1Br.Cl. The van der Waals surface area contributed by atoms with E-state index in [0.29, 0.717) is 0 Å². The Hall–Kier alpha value is -1.43. The van der Waals surface area contributed by atoms with Gasteiger partial charge in [0.05, 0.1) is 24.8 Å². The third-order valence-corrected chi connectivity index (χ3v) is 4.58. The lowest BCUT2D eigenvalue weighted by Gasteiger charge is -2.28. The van der Waals surface area contributed by atoms with Crippen LogP contribution >= 0.6 is 28.3 Å². The van der Waals surface area contributed by atoms with Gasteiger partial charge < -0.3 is 19.7 Å². The average molecular weight is 414 g/mol. The third kappa shape index (κ3) is 4.79. The van der Waals surface area contributed by atoms with Crippen LogP contribution in [0.1, 0.15) is 5.56 Å². The second-order valence-electron chi connectivity index (χ2n) is 5.47. The van der Waals surface area contributed by atoms with Crippen LogP contribution in [-0.2, 0) is 11.3 Å². The molecular weight excluding hydrogens is 392 g/mol. The Balaban J connectivity index is 0.00000208. The lowest BCUT2D eigenvalue weighted by molar-refractivity contribution is 0.122. The van der Waals surface area contributed by atoms with Crippen molar-refractivity contribution in [3.63, 3.8) is 0 Å². The first-order valence-corrected chi connectivity index (χ1v) is 8.54. The van der Waals surface area contributed by atoms with Crippen LogP contribution in [0.25, 0.3) is 0 Å². The zero-order valence-electron chi connectivity index (χ0n) is 13.6. The van der Waals surface area contributed by atoms with E-state index in [1.54, 1.807) is 7.11 Å². The number of hydrogen-bond donors (Lipinski definition) is 1. The summed E-state index contributed by atoms with van der Waals surface area (Å²) in [6.07, 6.45) is 0. The maximum Gasteiger partial charge on any atom is 0.133 e. The summed E-state index contributed by atoms with van der Waals surface area (Å²) < 4.78 is 11.6. The second-order valence-corrected chi connectivity index (χ2v) is 6.32. The number of ether oxygens (including phenoxy) is 2. The van der Waals surface area contributed by atoms with Gasteiger partial charge in [-0.15, -0.1) is 12.4 Å². The third-order valence-electron chi connectivity index (χ3n) is 3.96. The fourth-order valence-corrected chi connectivity index (χ4v) is 3.22. The van der Waals surface area contributed by atoms with Gasteiger partial charge in [-0.2, -0.15) is 0 Å². The highest BCUT2D eigenvalue weighted by Gasteiger charge is 2.10. The summed E-state index contributed by atoms with van der Waals surface area (Å²) in [5.41, 5.74) is 3.58. The molecule has 3 rings (SSSR count). The number of morpholine rings is 1. The van der Waals surface area contributed by atoms with Crippen molar-refractivity contribution in [1.82, 2.24) is 0 Å². The maximum absolute atomic E-state index is 5.39. The monoisotopic (exact) mass is 412 g/mol. The Kier molecular flexibility index (Phi) is 7.21. The van der Waals surface area contributed by atoms with Gasteiger partial charge >= 0.3 is 0 Å². The van der Waals surface area contributed by atoms with Crippen LogP contribution in [0.5, 0.6) is 5.75 Å². The predicted octanol–water partition coefficient (Wildman–Crippen LogP) is 4.33. The van der Waals surface area contributed by atoms with Crippen LogP contribution in [0.2, 0.25) is 0 Å². The molecule has 0 amide bonds. The van der Waals surface area contributed by atoms with Crippen molar-refractivity contribution in [2.24, 2.45) is 0 Å². The highest BCUT2D eigenvalue weighted by Crippen LogP contribution is 2.26. The van der Waals surface area contributed by atoms with Crippen LogP contribution in [0.3, 0.4) is 0 Å². The number of halogens is 2. The Labute approximate surface area is 157 Å². The minimum Gasteiger partial charge on any atom is -0.496 e. The number of anilines is 2. The van der Waals surface area contributed by atoms with Crippen molar-refractivity contribution in [2.75, 3.05) is 43.6 Å². The fraction of sp³-hybridized carbons (Fsp3) is 0.333. The molecule has 0 aliphatic carbocycles. The van der Waals surface area contributed by atoms with Crippen molar-refractivity contribution >= 4 is 39.7 Å². The molecular formula is C18H22BrClN2O2. The van der Waals surface area contributed by atoms with Gasteiger partial charge in [-0.25, -0.2) is 0 Å². The summed E-state index contributed by atoms with van der Waals surface area (Å²) in [5, 5.41) is 3.45. The van der Waals surface area contributed by atoms with E-state index < -0.39 is 0 Å². The van der Waals surface area contributed by atoms with E-state index in [2.05, 4.69) is 62.5 Å². The molecule has 1 heterocycles. The van der Waals surface area contributed by atoms with Gasteiger partial charge in [0.1, 0.15) is 5.75 Å². The van der Waals surface area contributed by atoms with E-state index >= 15 is 0 Å². The van der Waals surface area contributed by atoms with Crippen molar-refractivity contribution in [3.8, 4) is 5.75 Å². The average Bonchev–Trinajstić information content (AvgIpc) is 2.61. The molecule has 1 N–H and O–H groups in total. The van der Waals surface area contributed by atoms with Crippen molar-refractivity contribution in [1.29, 1.82) is 0 Å². The quantitative estimate of drug-likeness (QED) is 0.791. The normalized spacial score (nSPS) is 14.0. The number of hydrogen-bond acceptors (Lipinski definition) is 4. The van der Waals surface area contributed by atoms with Crippen molar-refractivity contribution in [3.05, 3.63) is 52.5 Å². The molecule has 2 aromatic rings. The first-order valence-electron chi connectivity index (χ1n) is 7.75. The zero-order valence-corrected chi connectivity index (χ0v) is 16.0. The smallest absolute Gasteiger partial charge is 0.133 e. The molecule has 0 spiro atoms. The van der Waals surface area contributed by atoms with Gasteiger partial charge in [0.15, 0.2) is 0 Å². The summed E-state index contributed by atoms with van der Waals surface area (Å²) in [6, 6.07) is 14.7. The summed E-state index contributed by atoms with van der Waals surface area (Å²) in [5.74, 6) is 0.851. The standard InChI is InChI=1S/C18H21BrN2O2.ClH/c1-22-18-7-2-14(12-17(18)19)13-20-15-3-5-16(6-4-15)21-8-10-23-11-9-21;/h2-7,12,20H,8-11,13H2,1H3;1H. The Morgan fingerprint density at radius 2 is 1.83 bits per heavy atom. The largest absolute Gasteiger partial charge is 0.496 e. The van der Waals surface area contributed by atoms with E-state index in [-0.39, 0.29) is 12.4 Å². The molecule has 1 aliphatic rings. The highest BCUT2D eigenvalue weighted by atomic mass is 79.9. The summed E-state index contributed by atoms with van der Waals surface area (Å²) in [4.78, 5) is 2.36. The summed E-state index contributed by atoms with van der Waals surface area (Å²) in [7, 11) is 1.67. The predicted molar refractivity (Wildman–Crippen MR) is 105 cm³/mol. The number of rotatable bonds is 5. The van der Waals surface area contributed by atoms with Crippen LogP contribution < -0.4 is 15.0 Å². The molecule has 0 saturated carbocycles. The zero-order chi connectivity index (χ0) is 16.1. The molecule has 0 atom stereocenters. The van der Waals surface area contributed by atoms with Gasteiger partial charge in [-0.3, -0.25) is 0 Å². The van der Waals surface area contributed by atoms with Crippen LogP contribution in [-0.4, -0.2) is 33.4 Å². The summed E-state index contributed by atoms with van der Waals surface area (Å²) >= 11 is 3.52.